The molecule has 0 bridgehead atoms. The van der Waals surface area contributed by atoms with Crippen molar-refractivity contribution in [2.24, 2.45) is 10.7 Å². The van der Waals surface area contributed by atoms with Crippen molar-refractivity contribution < 1.29 is 0 Å². The Morgan fingerprint density at radius 2 is 2.19 bits per heavy atom. The fourth-order valence-corrected chi connectivity index (χ4v) is 3.42. The van der Waals surface area contributed by atoms with Crippen LogP contribution in [0.3, 0.4) is 0 Å². The molecule has 2 aromatic rings. The highest BCUT2D eigenvalue weighted by atomic mass is 15.2. The number of hydrogen-bond acceptors (Lipinski definition) is 5. The summed E-state index contributed by atoms with van der Waals surface area (Å²) in [7, 11) is 0. The smallest absolute Gasteiger partial charge is 0.189 e. The van der Waals surface area contributed by atoms with Crippen LogP contribution in [0.25, 0.3) is 11.3 Å². The summed E-state index contributed by atoms with van der Waals surface area (Å²) in [6, 6.07) is 6.43. The second-order valence-corrected chi connectivity index (χ2v) is 5.82. The lowest BCUT2D eigenvalue weighted by atomic mass is 9.76. The van der Waals surface area contributed by atoms with Crippen molar-refractivity contribution in [2.45, 2.75) is 24.8 Å². The first-order chi connectivity index (χ1) is 10.3. The molecule has 1 aromatic heterocycles. The van der Waals surface area contributed by atoms with E-state index in [1.165, 1.54) is 16.7 Å². The van der Waals surface area contributed by atoms with E-state index in [2.05, 4.69) is 38.5 Å². The van der Waals surface area contributed by atoms with Crippen molar-refractivity contribution in [3.8, 4) is 11.3 Å². The van der Waals surface area contributed by atoms with Crippen LogP contribution in [0.2, 0.25) is 0 Å². The highest BCUT2D eigenvalue weighted by molar-refractivity contribution is 5.81. The van der Waals surface area contributed by atoms with Gasteiger partial charge in [-0.05, 0) is 30.4 Å². The van der Waals surface area contributed by atoms with Crippen LogP contribution in [-0.4, -0.2) is 28.0 Å². The molecule has 0 saturated heterocycles. The molecule has 106 valence electrons. The number of hydrogen-bond donors (Lipinski definition) is 2. The van der Waals surface area contributed by atoms with E-state index in [-0.39, 0.29) is 5.54 Å². The number of aromatic nitrogens is 2. The Bertz CT molecular complexity index is 710. The Hall–Kier alpha value is -2.43. The van der Waals surface area contributed by atoms with Gasteiger partial charge in [-0.2, -0.15) is 0 Å². The van der Waals surface area contributed by atoms with Gasteiger partial charge < -0.3 is 11.1 Å². The molecule has 0 amide bonds. The van der Waals surface area contributed by atoms with Gasteiger partial charge in [0.25, 0.3) is 0 Å². The van der Waals surface area contributed by atoms with E-state index in [0.717, 1.165) is 31.5 Å². The molecule has 1 aliphatic carbocycles. The third kappa shape index (κ3) is 2.05. The summed E-state index contributed by atoms with van der Waals surface area (Å²) in [4.78, 5) is 12.9. The second-order valence-electron chi connectivity index (χ2n) is 5.82. The fourth-order valence-electron chi connectivity index (χ4n) is 3.42. The molecule has 1 aliphatic heterocycles. The summed E-state index contributed by atoms with van der Waals surface area (Å²) in [5.41, 5.74) is 10.7. The molecule has 1 aromatic carbocycles. The normalized spacial score (nSPS) is 23.5. The first-order valence-electron chi connectivity index (χ1n) is 7.21. The minimum absolute atomic E-state index is 0.0120. The molecular formula is C16H17N5. The fraction of sp³-hybridized carbons (Fsp3) is 0.312. The van der Waals surface area contributed by atoms with E-state index in [4.69, 9.17) is 5.73 Å². The molecule has 2 heterocycles. The van der Waals surface area contributed by atoms with E-state index in [1.807, 2.05) is 6.20 Å². The van der Waals surface area contributed by atoms with Gasteiger partial charge in [-0.15, -0.1) is 0 Å². The summed E-state index contributed by atoms with van der Waals surface area (Å²) in [5.74, 6) is 0.573. The third-order valence-electron chi connectivity index (χ3n) is 4.44. The molecule has 0 fully saturated rings. The number of benzene rings is 1. The number of nitrogens with two attached hydrogens (primary N) is 1. The van der Waals surface area contributed by atoms with Gasteiger partial charge >= 0.3 is 0 Å². The first kappa shape index (κ1) is 12.3. The van der Waals surface area contributed by atoms with Crippen molar-refractivity contribution >= 4 is 5.96 Å². The lowest BCUT2D eigenvalue weighted by Crippen LogP contribution is -2.51. The van der Waals surface area contributed by atoms with E-state index in [9.17, 15) is 0 Å². The predicted octanol–water partition coefficient (Wildman–Crippen LogP) is 1.29. The van der Waals surface area contributed by atoms with Crippen molar-refractivity contribution in [3.63, 3.8) is 0 Å². The van der Waals surface area contributed by atoms with Gasteiger partial charge in [-0.3, -0.25) is 15.0 Å². The Morgan fingerprint density at radius 1 is 1.24 bits per heavy atom. The number of aliphatic imine (C=N–C) groups is 1. The minimum atomic E-state index is 0.0120. The molecule has 21 heavy (non-hydrogen) atoms. The topological polar surface area (TPSA) is 76.2 Å². The number of fused-ring (bicyclic) bond motifs is 1. The number of rotatable bonds is 1. The van der Waals surface area contributed by atoms with Crippen LogP contribution >= 0.6 is 0 Å². The first-order valence-corrected chi connectivity index (χ1v) is 7.21. The van der Waals surface area contributed by atoms with Crippen LogP contribution in [0.1, 0.15) is 17.5 Å². The van der Waals surface area contributed by atoms with Gasteiger partial charge in [0.2, 0.25) is 0 Å². The number of nitrogens with one attached hydrogen (secondary N) is 1. The Morgan fingerprint density at radius 3 is 2.95 bits per heavy atom. The largest absolute Gasteiger partial charge is 0.370 e. The quantitative estimate of drug-likeness (QED) is 0.824. The molecule has 3 N–H and O–H groups in total. The Labute approximate surface area is 123 Å². The summed E-state index contributed by atoms with van der Waals surface area (Å²) in [6.07, 6.45) is 8.29. The van der Waals surface area contributed by atoms with Crippen molar-refractivity contribution in [3.05, 3.63) is 47.9 Å². The Kier molecular flexibility index (Phi) is 2.67. The molecular weight excluding hydrogens is 262 g/mol. The van der Waals surface area contributed by atoms with Gasteiger partial charge in [-0.1, -0.05) is 18.2 Å². The molecule has 0 radical (unpaired) electrons. The molecule has 1 spiro atoms. The highest BCUT2D eigenvalue weighted by Crippen LogP contribution is 2.35. The molecule has 5 heteroatoms. The lowest BCUT2D eigenvalue weighted by molar-refractivity contribution is 0.362. The van der Waals surface area contributed by atoms with Gasteiger partial charge in [0.15, 0.2) is 5.96 Å². The Balaban J connectivity index is 1.72. The van der Waals surface area contributed by atoms with Gasteiger partial charge in [-0.25, -0.2) is 0 Å². The second kappa shape index (κ2) is 4.55. The zero-order valence-electron chi connectivity index (χ0n) is 11.7. The van der Waals surface area contributed by atoms with Crippen LogP contribution in [0.5, 0.6) is 0 Å². The van der Waals surface area contributed by atoms with E-state index >= 15 is 0 Å². The highest BCUT2D eigenvalue weighted by Gasteiger charge is 2.38. The molecule has 0 unspecified atom stereocenters. The van der Waals surface area contributed by atoms with E-state index in [1.54, 1.807) is 12.4 Å². The maximum Gasteiger partial charge on any atom is 0.189 e. The summed E-state index contributed by atoms with van der Waals surface area (Å²) in [6.45, 7) is 0.771. The van der Waals surface area contributed by atoms with Crippen LogP contribution in [0.4, 0.5) is 0 Å². The van der Waals surface area contributed by atoms with Crippen LogP contribution in [0, 0.1) is 0 Å². The predicted molar refractivity (Wildman–Crippen MR) is 81.8 cm³/mol. The summed E-state index contributed by atoms with van der Waals surface area (Å²) in [5, 5.41) is 3.37. The number of guanidine groups is 1. The molecule has 4 rings (SSSR count). The summed E-state index contributed by atoms with van der Waals surface area (Å²) < 4.78 is 0. The van der Waals surface area contributed by atoms with E-state index < -0.39 is 0 Å². The lowest BCUT2D eigenvalue weighted by Gasteiger charge is -2.35. The molecule has 5 nitrogen and oxygen atoms in total. The third-order valence-corrected chi connectivity index (χ3v) is 4.44. The van der Waals surface area contributed by atoms with Crippen molar-refractivity contribution in [1.82, 2.24) is 15.3 Å². The van der Waals surface area contributed by atoms with Crippen LogP contribution in [-0.2, 0) is 12.8 Å². The van der Waals surface area contributed by atoms with Gasteiger partial charge in [0, 0.05) is 18.0 Å². The molecule has 2 aliphatic rings. The van der Waals surface area contributed by atoms with Gasteiger partial charge in [0.1, 0.15) is 0 Å². The molecule has 0 saturated carbocycles. The van der Waals surface area contributed by atoms with E-state index in [0.29, 0.717) is 5.96 Å². The maximum atomic E-state index is 5.80. The summed E-state index contributed by atoms with van der Waals surface area (Å²) >= 11 is 0. The van der Waals surface area contributed by atoms with Gasteiger partial charge in [0.05, 0.1) is 24.0 Å². The van der Waals surface area contributed by atoms with Crippen LogP contribution in [0.15, 0.2) is 41.8 Å². The van der Waals surface area contributed by atoms with Crippen molar-refractivity contribution in [1.29, 1.82) is 0 Å². The average molecular weight is 279 g/mol. The zero-order valence-corrected chi connectivity index (χ0v) is 11.7. The number of nitrogens with zero attached hydrogens (tertiary/aromatic N) is 3. The van der Waals surface area contributed by atoms with Crippen LogP contribution < -0.4 is 11.1 Å². The maximum absolute atomic E-state index is 5.80. The molecule has 1 atom stereocenters. The minimum Gasteiger partial charge on any atom is -0.370 e. The standard InChI is InChI=1S/C16H17N5/c17-15-20-10-16(21-15)5-4-12-11(8-16)2-1-3-13(12)14-9-18-6-7-19-14/h1-3,6-7,9H,4-5,8,10H2,(H3,17,20,21)/t16-/m0/s1. The zero-order chi connectivity index (χ0) is 14.3. The monoisotopic (exact) mass is 279 g/mol. The SMILES string of the molecule is NC1=NC[C@@]2(CCc3c(cccc3-c3cnccn3)C2)N1. The van der Waals surface area contributed by atoms with Crippen molar-refractivity contribution in [2.75, 3.05) is 6.54 Å². The average Bonchev–Trinajstić information content (AvgIpc) is 2.88.